The molecule has 1 aliphatic rings. The van der Waals surface area contributed by atoms with Crippen molar-refractivity contribution < 1.29 is 8.42 Å². The van der Waals surface area contributed by atoms with Crippen LogP contribution in [0.5, 0.6) is 0 Å². The Hall–Kier alpha value is -2.77. The molecule has 0 amide bonds. The molecule has 1 aliphatic carbocycles. The molecular formula is C21H17N3O2S2. The second-order valence-corrected chi connectivity index (χ2v) is 9.48. The van der Waals surface area contributed by atoms with Gasteiger partial charge in [0, 0.05) is 10.4 Å². The van der Waals surface area contributed by atoms with E-state index in [9.17, 15) is 8.42 Å². The Kier molecular flexibility index (Phi) is 4.14. The Morgan fingerprint density at radius 3 is 2.36 bits per heavy atom. The second kappa shape index (κ2) is 6.68. The van der Waals surface area contributed by atoms with Crippen molar-refractivity contribution in [2.45, 2.75) is 24.2 Å². The van der Waals surface area contributed by atoms with E-state index in [1.807, 2.05) is 30.3 Å². The van der Waals surface area contributed by atoms with Crippen molar-refractivity contribution in [2.24, 2.45) is 0 Å². The monoisotopic (exact) mass is 407 g/mol. The van der Waals surface area contributed by atoms with Gasteiger partial charge in [-0.2, -0.15) is 0 Å². The van der Waals surface area contributed by atoms with Crippen LogP contribution in [-0.2, 0) is 22.9 Å². The zero-order chi connectivity index (χ0) is 19.1. The fourth-order valence-electron chi connectivity index (χ4n) is 3.57. The molecule has 28 heavy (non-hydrogen) atoms. The maximum Gasteiger partial charge on any atom is 0.263 e. The van der Waals surface area contributed by atoms with Crippen molar-refractivity contribution in [3.63, 3.8) is 0 Å². The van der Waals surface area contributed by atoms with Gasteiger partial charge in [0.05, 0.1) is 10.3 Å². The van der Waals surface area contributed by atoms with E-state index in [1.54, 1.807) is 41.7 Å². The minimum absolute atomic E-state index is 0.217. The quantitative estimate of drug-likeness (QED) is 0.535. The van der Waals surface area contributed by atoms with E-state index in [-0.39, 0.29) is 4.90 Å². The number of hydrogen-bond acceptors (Lipinski definition) is 5. The van der Waals surface area contributed by atoms with Crippen LogP contribution in [0.25, 0.3) is 21.6 Å². The Bertz CT molecular complexity index is 1270. The third-order valence-electron chi connectivity index (χ3n) is 4.88. The van der Waals surface area contributed by atoms with Gasteiger partial charge >= 0.3 is 0 Å². The predicted octanol–water partition coefficient (Wildman–Crippen LogP) is 4.65. The predicted molar refractivity (Wildman–Crippen MR) is 112 cm³/mol. The molecule has 0 atom stereocenters. The number of fused-ring (bicyclic) bond motifs is 3. The summed E-state index contributed by atoms with van der Waals surface area (Å²) in [6, 6.07) is 18.0. The number of nitrogens with zero attached hydrogens (tertiary/aromatic N) is 2. The highest BCUT2D eigenvalue weighted by atomic mass is 32.2. The van der Waals surface area contributed by atoms with Gasteiger partial charge in [-0.3, -0.25) is 4.72 Å². The maximum absolute atomic E-state index is 12.9. The van der Waals surface area contributed by atoms with Crippen LogP contribution in [0.1, 0.15) is 16.9 Å². The van der Waals surface area contributed by atoms with Crippen molar-refractivity contribution in [3.8, 4) is 11.4 Å². The molecule has 140 valence electrons. The summed E-state index contributed by atoms with van der Waals surface area (Å²) in [6.07, 6.45) is 3.04. The van der Waals surface area contributed by atoms with Crippen LogP contribution < -0.4 is 4.72 Å². The van der Waals surface area contributed by atoms with Crippen molar-refractivity contribution >= 4 is 37.4 Å². The molecule has 2 heterocycles. The van der Waals surface area contributed by atoms with Crippen LogP contribution in [0.2, 0.25) is 0 Å². The zero-order valence-electron chi connectivity index (χ0n) is 14.9. The first-order valence-electron chi connectivity index (χ1n) is 9.07. The Balaban J connectivity index is 1.70. The highest BCUT2D eigenvalue weighted by molar-refractivity contribution is 7.92. The highest BCUT2D eigenvalue weighted by Crippen LogP contribution is 2.40. The SMILES string of the molecule is O=S(=O)(Nc1nc(-c2ccccc2)nc2sc3c(c12)CCC3)c1ccccc1. The van der Waals surface area contributed by atoms with E-state index >= 15 is 0 Å². The molecule has 0 fully saturated rings. The molecule has 0 spiro atoms. The van der Waals surface area contributed by atoms with Gasteiger partial charge in [0.15, 0.2) is 11.6 Å². The van der Waals surface area contributed by atoms with Gasteiger partial charge in [-0.25, -0.2) is 18.4 Å². The number of anilines is 1. The molecule has 4 aromatic rings. The lowest BCUT2D eigenvalue weighted by Gasteiger charge is -2.11. The van der Waals surface area contributed by atoms with Gasteiger partial charge in [-0.1, -0.05) is 48.5 Å². The number of aromatic nitrogens is 2. The zero-order valence-corrected chi connectivity index (χ0v) is 16.6. The number of hydrogen-bond donors (Lipinski definition) is 1. The van der Waals surface area contributed by atoms with Crippen LogP contribution in [0.3, 0.4) is 0 Å². The van der Waals surface area contributed by atoms with Gasteiger partial charge in [-0.05, 0) is 37.0 Å². The molecule has 5 nitrogen and oxygen atoms in total. The number of nitrogens with one attached hydrogen (secondary N) is 1. The van der Waals surface area contributed by atoms with Crippen molar-refractivity contribution in [1.82, 2.24) is 9.97 Å². The number of aryl methyl sites for hydroxylation is 2. The third kappa shape index (κ3) is 2.96. The second-order valence-electron chi connectivity index (χ2n) is 6.72. The first kappa shape index (κ1) is 17.3. The van der Waals surface area contributed by atoms with E-state index in [0.717, 1.165) is 35.0 Å². The average molecular weight is 408 g/mol. The maximum atomic E-state index is 12.9. The Labute approximate surface area is 167 Å². The van der Waals surface area contributed by atoms with Gasteiger partial charge < -0.3 is 0 Å². The van der Waals surface area contributed by atoms with E-state index in [2.05, 4.69) is 9.71 Å². The van der Waals surface area contributed by atoms with E-state index in [0.29, 0.717) is 11.6 Å². The average Bonchev–Trinajstić information content (AvgIpc) is 3.30. The van der Waals surface area contributed by atoms with Crippen LogP contribution in [0.15, 0.2) is 65.6 Å². The fourth-order valence-corrected chi connectivity index (χ4v) is 5.87. The smallest absolute Gasteiger partial charge is 0.263 e. The lowest BCUT2D eigenvalue weighted by Crippen LogP contribution is -2.14. The largest absolute Gasteiger partial charge is 0.263 e. The Morgan fingerprint density at radius 1 is 0.893 bits per heavy atom. The molecule has 7 heteroatoms. The van der Waals surface area contributed by atoms with Crippen LogP contribution in [-0.4, -0.2) is 18.4 Å². The molecule has 0 aliphatic heterocycles. The lowest BCUT2D eigenvalue weighted by atomic mass is 10.1. The summed E-state index contributed by atoms with van der Waals surface area (Å²) in [7, 11) is -3.73. The van der Waals surface area contributed by atoms with E-state index in [1.165, 1.54) is 10.4 Å². The fraction of sp³-hybridized carbons (Fsp3) is 0.143. The van der Waals surface area contributed by atoms with Crippen LogP contribution >= 0.6 is 11.3 Å². The third-order valence-corrected chi connectivity index (χ3v) is 7.42. The highest BCUT2D eigenvalue weighted by Gasteiger charge is 2.25. The molecule has 0 unspecified atom stereocenters. The van der Waals surface area contributed by atoms with Crippen molar-refractivity contribution in [2.75, 3.05) is 4.72 Å². The van der Waals surface area contributed by atoms with Gasteiger partial charge in [0.2, 0.25) is 0 Å². The minimum Gasteiger partial charge on any atom is -0.263 e. The topological polar surface area (TPSA) is 72.0 Å². The van der Waals surface area contributed by atoms with Crippen molar-refractivity contribution in [1.29, 1.82) is 0 Å². The Morgan fingerprint density at radius 2 is 1.61 bits per heavy atom. The van der Waals surface area contributed by atoms with Gasteiger partial charge in [-0.15, -0.1) is 11.3 Å². The van der Waals surface area contributed by atoms with Gasteiger partial charge in [0.1, 0.15) is 4.83 Å². The molecule has 1 N–H and O–H groups in total. The minimum atomic E-state index is -3.73. The normalized spacial score (nSPS) is 13.6. The van der Waals surface area contributed by atoms with Gasteiger partial charge in [0.25, 0.3) is 10.0 Å². The van der Waals surface area contributed by atoms with Crippen LogP contribution in [0, 0.1) is 0 Å². The number of benzene rings is 2. The first-order chi connectivity index (χ1) is 13.6. The van der Waals surface area contributed by atoms with Crippen LogP contribution in [0.4, 0.5) is 5.82 Å². The molecule has 2 aromatic carbocycles. The summed E-state index contributed by atoms with van der Waals surface area (Å²) < 4.78 is 28.6. The number of thiophene rings is 1. The summed E-state index contributed by atoms with van der Waals surface area (Å²) in [4.78, 5) is 11.7. The van der Waals surface area contributed by atoms with E-state index in [4.69, 9.17) is 4.98 Å². The summed E-state index contributed by atoms with van der Waals surface area (Å²) in [5.74, 6) is 0.894. The summed E-state index contributed by atoms with van der Waals surface area (Å²) in [5, 5.41) is 0.844. The molecular weight excluding hydrogens is 390 g/mol. The first-order valence-corrected chi connectivity index (χ1v) is 11.4. The number of rotatable bonds is 4. The molecule has 5 rings (SSSR count). The standard InChI is InChI=1S/C21H17N3O2S2/c25-28(26,15-10-5-2-6-11-15)24-20-18-16-12-7-13-17(16)27-21(18)23-19(22-20)14-8-3-1-4-9-14/h1-6,8-11H,7,12-13H2,(H,22,23,24). The molecule has 2 aromatic heterocycles. The summed E-state index contributed by atoms with van der Waals surface area (Å²) in [6.45, 7) is 0. The number of sulfonamides is 1. The summed E-state index contributed by atoms with van der Waals surface area (Å²) >= 11 is 1.65. The lowest BCUT2D eigenvalue weighted by molar-refractivity contribution is 0.601. The van der Waals surface area contributed by atoms with Crippen molar-refractivity contribution in [3.05, 3.63) is 71.1 Å². The summed E-state index contributed by atoms with van der Waals surface area (Å²) in [5.41, 5.74) is 2.04. The van der Waals surface area contributed by atoms with E-state index < -0.39 is 10.0 Å². The molecule has 0 bridgehead atoms. The molecule has 0 radical (unpaired) electrons. The molecule has 0 saturated carbocycles. The molecule has 0 saturated heterocycles.